The summed E-state index contributed by atoms with van der Waals surface area (Å²) in [6.07, 6.45) is 44.4. The zero-order valence-corrected chi connectivity index (χ0v) is 38.6. The molecule has 0 aromatic carbocycles. The number of rotatable bonds is 42. The maximum atomic E-state index is 12.9. The summed E-state index contributed by atoms with van der Waals surface area (Å²) in [7, 11) is 0. The van der Waals surface area contributed by atoms with E-state index in [1.807, 2.05) is 0 Å². The van der Waals surface area contributed by atoms with E-state index < -0.39 is 0 Å². The Morgan fingerprint density at radius 2 is 0.982 bits per heavy atom. The van der Waals surface area contributed by atoms with E-state index in [0.29, 0.717) is 42.9 Å². The lowest BCUT2D eigenvalue weighted by atomic mass is 9.64. The van der Waals surface area contributed by atoms with Crippen molar-refractivity contribution in [2.45, 2.75) is 283 Å². The van der Waals surface area contributed by atoms with Crippen LogP contribution in [0.1, 0.15) is 265 Å². The monoisotopic (exact) mass is 804 g/mol. The van der Waals surface area contributed by atoms with Crippen molar-refractivity contribution in [3.8, 4) is 0 Å². The van der Waals surface area contributed by atoms with E-state index in [1.54, 1.807) is 0 Å². The topological polar surface area (TPSA) is 73.9 Å². The van der Waals surface area contributed by atoms with Crippen LogP contribution in [0.2, 0.25) is 0 Å². The van der Waals surface area contributed by atoms with Crippen LogP contribution in [0.3, 0.4) is 0 Å². The Labute approximate surface area is 354 Å². The smallest absolute Gasteiger partial charge is 0.306 e. The lowest BCUT2D eigenvalue weighted by Crippen LogP contribution is -2.60. The fourth-order valence-corrected chi connectivity index (χ4v) is 9.39. The summed E-state index contributed by atoms with van der Waals surface area (Å²) in [6, 6.07) is 1.27. The van der Waals surface area contributed by atoms with E-state index in [1.165, 1.54) is 180 Å². The summed E-state index contributed by atoms with van der Waals surface area (Å²) in [6.45, 7) is 11.6. The van der Waals surface area contributed by atoms with E-state index in [0.717, 1.165) is 58.2 Å². The van der Waals surface area contributed by atoms with Crippen molar-refractivity contribution >= 4 is 11.9 Å². The van der Waals surface area contributed by atoms with Gasteiger partial charge < -0.3 is 19.5 Å². The quantitative estimate of drug-likeness (QED) is 0.0489. The van der Waals surface area contributed by atoms with Crippen molar-refractivity contribution in [3.05, 3.63) is 0 Å². The molecule has 1 saturated heterocycles. The van der Waals surface area contributed by atoms with Crippen LogP contribution in [0, 0.1) is 11.3 Å². The van der Waals surface area contributed by atoms with Crippen molar-refractivity contribution in [1.82, 2.24) is 5.32 Å². The Hall–Kier alpha value is -1.14. The molecule has 2 unspecified atom stereocenters. The van der Waals surface area contributed by atoms with Crippen molar-refractivity contribution in [2.75, 3.05) is 19.8 Å². The second kappa shape index (κ2) is 35.6. The molecule has 2 rings (SSSR count). The Morgan fingerprint density at radius 1 is 0.544 bits per heavy atom. The third kappa shape index (κ3) is 27.4. The first-order valence-corrected chi connectivity index (χ1v) is 25.6. The molecule has 1 heterocycles. The molecule has 336 valence electrons. The standard InChI is InChI=1S/C51H97NO5/c1-5-9-12-15-21-28-35-48(36-29-22-16-13-10-6-2)57-50(54)38-31-24-18-20-27-34-46(52-47-41-51(42-47)43-55-44-51)33-26-19-17-23-30-37-49(53)56-40-39-45(8-4)32-25-14-11-7-3/h45-48,52H,5-44H2,1-4H3. The molecular formula is C51H97NO5. The third-order valence-electron chi connectivity index (χ3n) is 13.4. The molecule has 1 spiro atoms. The molecule has 0 aromatic heterocycles. The highest BCUT2D eigenvalue weighted by Crippen LogP contribution is 2.47. The van der Waals surface area contributed by atoms with Crippen LogP contribution in [0.4, 0.5) is 0 Å². The summed E-state index contributed by atoms with van der Waals surface area (Å²) in [4.78, 5) is 25.2. The number of carbonyl (C=O) groups excluding carboxylic acids is 2. The van der Waals surface area contributed by atoms with Gasteiger partial charge in [0, 0.05) is 30.3 Å². The molecule has 1 aliphatic heterocycles. The van der Waals surface area contributed by atoms with Gasteiger partial charge in [0.25, 0.3) is 0 Å². The van der Waals surface area contributed by atoms with Gasteiger partial charge in [0.2, 0.25) is 0 Å². The molecule has 0 amide bonds. The normalized spacial score (nSPS) is 16.1. The Bertz CT molecular complexity index is 913. The van der Waals surface area contributed by atoms with Crippen LogP contribution in [-0.4, -0.2) is 49.9 Å². The van der Waals surface area contributed by atoms with Gasteiger partial charge in [-0.15, -0.1) is 0 Å². The average molecular weight is 804 g/mol. The van der Waals surface area contributed by atoms with Crippen LogP contribution in [0.25, 0.3) is 0 Å². The minimum absolute atomic E-state index is 0.00131. The predicted octanol–water partition coefficient (Wildman–Crippen LogP) is 14.9. The lowest BCUT2D eigenvalue weighted by Gasteiger charge is -2.54. The first-order valence-electron chi connectivity index (χ1n) is 25.6. The number of nitrogens with one attached hydrogen (secondary N) is 1. The van der Waals surface area contributed by atoms with Gasteiger partial charge in [-0.3, -0.25) is 9.59 Å². The van der Waals surface area contributed by atoms with Gasteiger partial charge in [-0.1, -0.05) is 182 Å². The second-order valence-corrected chi connectivity index (χ2v) is 18.9. The molecule has 1 saturated carbocycles. The zero-order chi connectivity index (χ0) is 41.1. The number of ether oxygens (including phenoxy) is 3. The highest BCUT2D eigenvalue weighted by Gasteiger charge is 2.49. The molecule has 0 radical (unpaired) electrons. The fourth-order valence-electron chi connectivity index (χ4n) is 9.39. The van der Waals surface area contributed by atoms with Crippen molar-refractivity contribution in [2.24, 2.45) is 11.3 Å². The molecule has 2 fully saturated rings. The van der Waals surface area contributed by atoms with E-state index >= 15 is 0 Å². The molecular weight excluding hydrogens is 707 g/mol. The summed E-state index contributed by atoms with van der Waals surface area (Å²) in [5.74, 6) is 0.742. The molecule has 2 aliphatic rings. The average Bonchev–Trinajstić information content (AvgIpc) is 3.17. The van der Waals surface area contributed by atoms with Crippen LogP contribution in [-0.2, 0) is 23.8 Å². The van der Waals surface area contributed by atoms with E-state index in [9.17, 15) is 9.59 Å². The molecule has 57 heavy (non-hydrogen) atoms. The molecule has 0 aromatic rings. The molecule has 1 aliphatic carbocycles. The van der Waals surface area contributed by atoms with Gasteiger partial charge >= 0.3 is 11.9 Å². The molecule has 2 atom stereocenters. The highest BCUT2D eigenvalue weighted by molar-refractivity contribution is 5.69. The van der Waals surface area contributed by atoms with Gasteiger partial charge in [-0.25, -0.2) is 0 Å². The van der Waals surface area contributed by atoms with Gasteiger partial charge in [0.05, 0.1) is 19.8 Å². The minimum atomic E-state index is 0.00131. The van der Waals surface area contributed by atoms with Gasteiger partial charge in [-0.05, 0) is 76.5 Å². The number of carbonyl (C=O) groups is 2. The van der Waals surface area contributed by atoms with Crippen molar-refractivity contribution in [3.63, 3.8) is 0 Å². The molecule has 6 heteroatoms. The Balaban J connectivity index is 1.57. The van der Waals surface area contributed by atoms with Crippen LogP contribution < -0.4 is 5.32 Å². The first-order chi connectivity index (χ1) is 27.9. The first kappa shape index (κ1) is 52.0. The summed E-state index contributed by atoms with van der Waals surface area (Å²) < 4.78 is 17.2. The van der Waals surface area contributed by atoms with Gasteiger partial charge in [-0.2, -0.15) is 0 Å². The summed E-state index contributed by atoms with van der Waals surface area (Å²) in [5.41, 5.74) is 0.499. The van der Waals surface area contributed by atoms with Crippen LogP contribution >= 0.6 is 0 Å². The lowest BCUT2D eigenvalue weighted by molar-refractivity contribution is -0.168. The number of hydrogen-bond acceptors (Lipinski definition) is 6. The Morgan fingerprint density at radius 3 is 1.47 bits per heavy atom. The van der Waals surface area contributed by atoms with E-state index in [4.69, 9.17) is 14.2 Å². The van der Waals surface area contributed by atoms with E-state index in [-0.39, 0.29) is 18.0 Å². The minimum Gasteiger partial charge on any atom is -0.466 e. The molecule has 6 nitrogen and oxygen atoms in total. The maximum absolute atomic E-state index is 12.9. The molecule has 1 N–H and O–H groups in total. The molecule has 0 bridgehead atoms. The van der Waals surface area contributed by atoms with E-state index in [2.05, 4.69) is 33.0 Å². The SMILES string of the molecule is CCCCCCCCC(CCCCCCCC)OC(=O)CCCCCCCC(CCCCCCCC(=O)OCCC(CC)CCCCCC)NC1CC2(COC2)C1. The van der Waals surface area contributed by atoms with Crippen molar-refractivity contribution < 1.29 is 23.8 Å². The zero-order valence-electron chi connectivity index (χ0n) is 38.6. The number of esters is 2. The van der Waals surface area contributed by atoms with Crippen molar-refractivity contribution in [1.29, 1.82) is 0 Å². The third-order valence-corrected chi connectivity index (χ3v) is 13.4. The largest absolute Gasteiger partial charge is 0.466 e. The van der Waals surface area contributed by atoms with Crippen LogP contribution in [0.5, 0.6) is 0 Å². The predicted molar refractivity (Wildman–Crippen MR) is 242 cm³/mol. The van der Waals surface area contributed by atoms with Gasteiger partial charge in [0.1, 0.15) is 6.10 Å². The summed E-state index contributed by atoms with van der Waals surface area (Å²) >= 11 is 0. The fraction of sp³-hybridized carbons (Fsp3) is 0.961. The van der Waals surface area contributed by atoms with Crippen LogP contribution in [0.15, 0.2) is 0 Å². The Kier molecular flexibility index (Phi) is 32.5. The second-order valence-electron chi connectivity index (χ2n) is 18.9. The maximum Gasteiger partial charge on any atom is 0.306 e. The van der Waals surface area contributed by atoms with Gasteiger partial charge in [0.15, 0.2) is 0 Å². The summed E-state index contributed by atoms with van der Waals surface area (Å²) in [5, 5.41) is 4.05. The highest BCUT2D eigenvalue weighted by atomic mass is 16.5. The number of unbranched alkanes of at least 4 members (excludes halogenated alkanes) is 21. The number of hydrogen-bond donors (Lipinski definition) is 1.